The van der Waals surface area contributed by atoms with Gasteiger partial charge < -0.3 is 14.6 Å². The molecule has 0 radical (unpaired) electrons. The summed E-state index contributed by atoms with van der Waals surface area (Å²) in [5.41, 5.74) is 2.76. The van der Waals surface area contributed by atoms with Crippen LogP contribution in [0.4, 0.5) is 0 Å². The van der Waals surface area contributed by atoms with E-state index in [9.17, 15) is 9.59 Å². The Morgan fingerprint density at radius 3 is 2.38 bits per heavy atom. The predicted molar refractivity (Wildman–Crippen MR) is 103 cm³/mol. The number of aryl methyl sites for hydroxylation is 1. The number of nitrogens with one attached hydrogen (secondary N) is 1. The summed E-state index contributed by atoms with van der Waals surface area (Å²) in [6.07, 6.45) is 1.51. The van der Waals surface area contributed by atoms with E-state index in [0.29, 0.717) is 0 Å². The number of hydrogen-bond acceptors (Lipinski definition) is 3. The van der Waals surface area contributed by atoms with Crippen molar-refractivity contribution in [3.8, 4) is 11.1 Å². The maximum Gasteiger partial charge on any atom is 0.290 e. The molecule has 0 fully saturated rings. The van der Waals surface area contributed by atoms with Crippen molar-refractivity contribution < 1.29 is 14.0 Å². The molecule has 2 amide bonds. The highest BCUT2D eigenvalue weighted by molar-refractivity contribution is 6.00. The van der Waals surface area contributed by atoms with Crippen LogP contribution in [0.25, 0.3) is 11.1 Å². The molecular weight excluding hydrogens is 328 g/mol. The summed E-state index contributed by atoms with van der Waals surface area (Å²) in [5, 5.41) is 2.90. The van der Waals surface area contributed by atoms with Gasteiger partial charge in [-0.25, -0.2) is 0 Å². The fraction of sp³-hybridized carbons (Fsp3) is 0.429. The lowest BCUT2D eigenvalue weighted by atomic mass is 10.00. The zero-order valence-electron chi connectivity index (χ0n) is 16.4. The van der Waals surface area contributed by atoms with Gasteiger partial charge in [0.15, 0.2) is 5.76 Å². The topological polar surface area (TPSA) is 62.6 Å². The predicted octanol–water partition coefficient (Wildman–Crippen LogP) is 3.88. The third kappa shape index (κ3) is 4.34. The average Bonchev–Trinajstić information content (AvgIpc) is 3.02. The number of hydrogen-bond donors (Lipinski definition) is 1. The molecule has 0 aliphatic carbocycles. The van der Waals surface area contributed by atoms with Gasteiger partial charge in [0.25, 0.3) is 5.91 Å². The lowest BCUT2D eigenvalue weighted by Crippen LogP contribution is -2.51. The van der Waals surface area contributed by atoms with Crippen LogP contribution in [0.5, 0.6) is 0 Å². The summed E-state index contributed by atoms with van der Waals surface area (Å²) in [5.74, 6) is -0.236. The zero-order valence-corrected chi connectivity index (χ0v) is 16.4. The first-order valence-electron chi connectivity index (χ1n) is 8.94. The fourth-order valence-corrected chi connectivity index (χ4v) is 3.10. The van der Waals surface area contributed by atoms with Crippen molar-refractivity contribution in [2.75, 3.05) is 7.05 Å². The van der Waals surface area contributed by atoms with Crippen molar-refractivity contribution in [3.63, 3.8) is 0 Å². The van der Waals surface area contributed by atoms with Crippen LogP contribution in [0.2, 0.25) is 0 Å². The number of carbonyl (C=O) groups is 2. The van der Waals surface area contributed by atoms with Crippen molar-refractivity contribution >= 4 is 11.8 Å². The van der Waals surface area contributed by atoms with Gasteiger partial charge in [-0.3, -0.25) is 9.59 Å². The van der Waals surface area contributed by atoms with Gasteiger partial charge in [0.2, 0.25) is 5.91 Å². The Morgan fingerprint density at radius 1 is 1.12 bits per heavy atom. The minimum Gasteiger partial charge on any atom is -0.459 e. The molecule has 0 saturated heterocycles. The maximum absolute atomic E-state index is 13.1. The van der Waals surface area contributed by atoms with Crippen molar-refractivity contribution in [1.82, 2.24) is 10.2 Å². The first-order valence-corrected chi connectivity index (χ1v) is 8.94. The lowest BCUT2D eigenvalue weighted by Gasteiger charge is -2.30. The molecule has 0 saturated carbocycles. The van der Waals surface area contributed by atoms with E-state index in [1.54, 1.807) is 13.1 Å². The van der Waals surface area contributed by atoms with Gasteiger partial charge in [0.1, 0.15) is 6.04 Å². The molecule has 2 rings (SSSR count). The second kappa shape index (κ2) is 8.21. The minimum absolute atomic E-state index is 0.0127. The Kier molecular flexibility index (Phi) is 6.24. The van der Waals surface area contributed by atoms with E-state index in [4.69, 9.17) is 4.42 Å². The smallest absolute Gasteiger partial charge is 0.290 e. The molecule has 0 aliphatic heterocycles. The Bertz CT molecular complexity index is 777. The molecule has 1 aromatic heterocycles. The number of amides is 2. The normalized spacial score (nSPS) is 12.3. The molecule has 0 bridgehead atoms. The number of likely N-dealkylation sites (N-methyl/N-ethyl adjacent to an activating group) is 1. The number of benzene rings is 1. The molecule has 0 aliphatic rings. The molecule has 140 valence electrons. The molecule has 1 aromatic carbocycles. The van der Waals surface area contributed by atoms with Gasteiger partial charge in [-0.1, -0.05) is 43.7 Å². The van der Waals surface area contributed by atoms with Gasteiger partial charge in [0, 0.05) is 18.7 Å². The monoisotopic (exact) mass is 356 g/mol. The molecule has 1 heterocycles. The minimum atomic E-state index is -0.569. The van der Waals surface area contributed by atoms with Crippen LogP contribution in [0, 0.1) is 12.8 Å². The number of carbonyl (C=O) groups excluding carboxylic acids is 2. The van der Waals surface area contributed by atoms with Gasteiger partial charge in [0.05, 0.1) is 6.26 Å². The van der Waals surface area contributed by atoms with Gasteiger partial charge in [-0.2, -0.15) is 0 Å². The van der Waals surface area contributed by atoms with E-state index >= 15 is 0 Å². The summed E-state index contributed by atoms with van der Waals surface area (Å²) in [6.45, 7) is 9.66. The average molecular weight is 356 g/mol. The summed E-state index contributed by atoms with van der Waals surface area (Å²) >= 11 is 0. The first-order chi connectivity index (χ1) is 12.2. The number of nitrogens with zero attached hydrogens (tertiary/aromatic N) is 1. The van der Waals surface area contributed by atoms with Crippen LogP contribution < -0.4 is 5.32 Å². The second-order valence-corrected chi connectivity index (χ2v) is 7.30. The SMILES string of the molecule is Cc1cccc(-c2ccoc2C(=O)N(C)C(C(=O)NC(C)C)C(C)C)c1. The highest BCUT2D eigenvalue weighted by Gasteiger charge is 2.32. The Hall–Kier alpha value is -2.56. The third-order valence-corrected chi connectivity index (χ3v) is 4.26. The van der Waals surface area contributed by atoms with Crippen LogP contribution in [0.3, 0.4) is 0 Å². The summed E-state index contributed by atoms with van der Waals surface area (Å²) in [6, 6.07) is 9.13. The van der Waals surface area contributed by atoms with Crippen LogP contribution in [0.1, 0.15) is 43.8 Å². The molecule has 26 heavy (non-hydrogen) atoms. The van der Waals surface area contributed by atoms with E-state index in [0.717, 1.165) is 16.7 Å². The lowest BCUT2D eigenvalue weighted by molar-refractivity contribution is -0.127. The standard InChI is InChI=1S/C21H28N2O3/c1-13(2)18(20(24)22-14(3)4)23(6)21(25)19-17(10-11-26-19)16-9-7-8-15(5)12-16/h7-14,18H,1-6H3,(H,22,24). The van der Waals surface area contributed by atoms with Gasteiger partial charge >= 0.3 is 0 Å². The first kappa shape index (κ1) is 19.8. The van der Waals surface area contributed by atoms with Crippen LogP contribution in [-0.2, 0) is 4.79 Å². The Labute approximate surface area is 155 Å². The Balaban J connectivity index is 2.33. The van der Waals surface area contributed by atoms with Crippen molar-refractivity contribution in [3.05, 3.63) is 47.9 Å². The van der Waals surface area contributed by atoms with E-state index in [-0.39, 0.29) is 29.5 Å². The zero-order chi connectivity index (χ0) is 19.4. The van der Waals surface area contributed by atoms with E-state index < -0.39 is 6.04 Å². The molecule has 0 spiro atoms. The molecule has 1 atom stereocenters. The quantitative estimate of drug-likeness (QED) is 0.854. The number of furan rings is 1. The molecule has 1 N–H and O–H groups in total. The maximum atomic E-state index is 13.1. The van der Waals surface area contributed by atoms with Gasteiger partial charge in [-0.05, 0) is 38.3 Å². The molecule has 1 unspecified atom stereocenters. The van der Waals surface area contributed by atoms with Crippen molar-refractivity contribution in [2.45, 2.75) is 46.7 Å². The van der Waals surface area contributed by atoms with Crippen molar-refractivity contribution in [1.29, 1.82) is 0 Å². The largest absolute Gasteiger partial charge is 0.459 e. The third-order valence-electron chi connectivity index (χ3n) is 4.26. The van der Waals surface area contributed by atoms with Gasteiger partial charge in [-0.15, -0.1) is 0 Å². The van der Waals surface area contributed by atoms with Crippen LogP contribution in [0.15, 0.2) is 41.0 Å². The molecule has 5 heteroatoms. The summed E-state index contributed by atoms with van der Waals surface area (Å²) < 4.78 is 5.51. The number of rotatable bonds is 6. The highest BCUT2D eigenvalue weighted by Crippen LogP contribution is 2.27. The second-order valence-electron chi connectivity index (χ2n) is 7.30. The molecular formula is C21H28N2O3. The van der Waals surface area contributed by atoms with Crippen LogP contribution in [-0.4, -0.2) is 35.8 Å². The fourth-order valence-electron chi connectivity index (χ4n) is 3.10. The highest BCUT2D eigenvalue weighted by atomic mass is 16.3. The van der Waals surface area contributed by atoms with E-state index in [1.807, 2.05) is 58.9 Å². The van der Waals surface area contributed by atoms with E-state index in [1.165, 1.54) is 11.2 Å². The summed E-state index contributed by atoms with van der Waals surface area (Å²) in [7, 11) is 1.65. The van der Waals surface area contributed by atoms with Crippen molar-refractivity contribution in [2.24, 2.45) is 5.92 Å². The molecule has 2 aromatic rings. The molecule has 5 nitrogen and oxygen atoms in total. The Morgan fingerprint density at radius 2 is 1.81 bits per heavy atom. The van der Waals surface area contributed by atoms with E-state index in [2.05, 4.69) is 5.32 Å². The van der Waals surface area contributed by atoms with Crippen LogP contribution >= 0.6 is 0 Å². The summed E-state index contributed by atoms with van der Waals surface area (Å²) in [4.78, 5) is 27.1.